The van der Waals surface area contributed by atoms with E-state index in [1.165, 1.54) is 0 Å². The van der Waals surface area contributed by atoms with Gasteiger partial charge in [0, 0.05) is 47.2 Å². The molecule has 0 N–H and O–H groups in total. The molecule has 3 amide bonds. The molecule has 3 aliphatic rings. The molecule has 2 heterocycles. The van der Waals surface area contributed by atoms with Gasteiger partial charge in [0.05, 0.1) is 18.9 Å². The quantitative estimate of drug-likeness (QED) is 0.718. The molecule has 7 nitrogen and oxygen atoms in total. The average Bonchev–Trinajstić information content (AvgIpc) is 3.31. The summed E-state index contributed by atoms with van der Waals surface area (Å²) in [6, 6.07) is 7.66. The van der Waals surface area contributed by atoms with E-state index in [1.54, 1.807) is 18.9 Å². The number of hydrogen-bond acceptors (Lipinski definition) is 4. The third kappa shape index (κ3) is 3.76. The standard InChI is InChI=1S/C25H35N3O4/c1-18(29)28-16-21-24(8-9-25(21,17-28)23(31)26(2)3)10-12-27(13-11-24)22(30)15-19-6-5-7-20(14-19)32-4/h5-7,14,21H,8-13,15-17H2,1-4H3/t21-,25+/m0/s1. The maximum absolute atomic E-state index is 13.3. The van der Waals surface area contributed by atoms with Crippen LogP contribution in [0.2, 0.25) is 0 Å². The van der Waals surface area contributed by atoms with Gasteiger partial charge in [-0.25, -0.2) is 0 Å². The molecule has 0 bridgehead atoms. The van der Waals surface area contributed by atoms with Gasteiger partial charge in [0.25, 0.3) is 0 Å². The van der Waals surface area contributed by atoms with Crippen LogP contribution in [0.1, 0.15) is 38.2 Å². The number of hydrogen-bond donors (Lipinski definition) is 0. The Labute approximate surface area is 190 Å². The molecule has 1 spiro atoms. The Hall–Kier alpha value is -2.57. The first-order valence-corrected chi connectivity index (χ1v) is 11.6. The molecule has 3 fully saturated rings. The second kappa shape index (κ2) is 8.41. The molecule has 7 heteroatoms. The number of carbonyl (C=O) groups is 3. The Morgan fingerprint density at radius 1 is 1.09 bits per heavy atom. The Morgan fingerprint density at radius 3 is 2.44 bits per heavy atom. The van der Waals surface area contributed by atoms with E-state index in [-0.39, 0.29) is 29.1 Å². The van der Waals surface area contributed by atoms with Crippen LogP contribution in [-0.4, -0.2) is 79.8 Å². The smallest absolute Gasteiger partial charge is 0.230 e. The molecule has 0 unspecified atom stereocenters. The van der Waals surface area contributed by atoms with Crippen molar-refractivity contribution >= 4 is 17.7 Å². The van der Waals surface area contributed by atoms with Crippen LogP contribution < -0.4 is 4.74 Å². The fourth-order valence-corrected chi connectivity index (χ4v) is 6.47. The van der Waals surface area contributed by atoms with Crippen molar-refractivity contribution < 1.29 is 19.1 Å². The summed E-state index contributed by atoms with van der Waals surface area (Å²) in [5.41, 5.74) is 0.517. The van der Waals surface area contributed by atoms with Crippen molar-refractivity contribution in [3.8, 4) is 5.75 Å². The van der Waals surface area contributed by atoms with Crippen LogP contribution in [0.15, 0.2) is 24.3 Å². The van der Waals surface area contributed by atoms with Crippen LogP contribution in [0, 0.1) is 16.7 Å². The average molecular weight is 442 g/mol. The molecule has 32 heavy (non-hydrogen) atoms. The zero-order chi connectivity index (χ0) is 23.1. The lowest BCUT2D eigenvalue weighted by molar-refractivity contribution is -0.142. The summed E-state index contributed by atoms with van der Waals surface area (Å²) < 4.78 is 5.27. The summed E-state index contributed by atoms with van der Waals surface area (Å²) in [6.45, 7) is 4.22. The first-order chi connectivity index (χ1) is 15.2. The minimum Gasteiger partial charge on any atom is -0.497 e. The summed E-state index contributed by atoms with van der Waals surface area (Å²) in [5.74, 6) is 1.27. The van der Waals surface area contributed by atoms with Crippen molar-refractivity contribution in [2.24, 2.45) is 16.7 Å². The molecule has 2 aliphatic heterocycles. The summed E-state index contributed by atoms with van der Waals surface area (Å²) >= 11 is 0. The lowest BCUT2D eigenvalue weighted by atomic mass is 9.65. The summed E-state index contributed by atoms with van der Waals surface area (Å²) in [7, 11) is 5.26. The van der Waals surface area contributed by atoms with E-state index < -0.39 is 5.41 Å². The number of amides is 3. The molecule has 2 saturated heterocycles. The summed E-state index contributed by atoms with van der Waals surface area (Å²) in [6.07, 6.45) is 4.00. The molecule has 2 atom stereocenters. The van der Waals surface area contributed by atoms with Crippen LogP contribution in [0.4, 0.5) is 0 Å². The monoisotopic (exact) mass is 441 g/mol. The molecule has 1 aliphatic carbocycles. The van der Waals surface area contributed by atoms with E-state index in [1.807, 2.05) is 48.2 Å². The van der Waals surface area contributed by atoms with Gasteiger partial charge in [-0.3, -0.25) is 14.4 Å². The van der Waals surface area contributed by atoms with Crippen LogP contribution >= 0.6 is 0 Å². The van der Waals surface area contributed by atoms with Crippen LogP contribution in [0.5, 0.6) is 5.75 Å². The zero-order valence-electron chi connectivity index (χ0n) is 19.7. The van der Waals surface area contributed by atoms with E-state index in [9.17, 15) is 14.4 Å². The maximum Gasteiger partial charge on any atom is 0.230 e. The Morgan fingerprint density at radius 2 is 1.81 bits per heavy atom. The van der Waals surface area contributed by atoms with E-state index in [0.717, 1.165) is 37.0 Å². The van der Waals surface area contributed by atoms with E-state index in [4.69, 9.17) is 4.74 Å². The number of piperidine rings is 1. The zero-order valence-corrected chi connectivity index (χ0v) is 19.7. The van der Waals surface area contributed by atoms with Crippen LogP contribution in [-0.2, 0) is 20.8 Å². The number of ether oxygens (including phenoxy) is 1. The predicted octanol–water partition coefficient (Wildman–Crippen LogP) is 2.19. The molecular formula is C25H35N3O4. The van der Waals surface area contributed by atoms with Gasteiger partial charge in [0.2, 0.25) is 17.7 Å². The second-order valence-electron chi connectivity index (χ2n) is 10.1. The molecule has 174 valence electrons. The third-order valence-corrected chi connectivity index (χ3v) is 8.23. The van der Waals surface area contributed by atoms with E-state index >= 15 is 0 Å². The van der Waals surface area contributed by atoms with Gasteiger partial charge in [-0.1, -0.05) is 12.1 Å². The molecule has 0 radical (unpaired) electrons. The van der Waals surface area contributed by atoms with Gasteiger partial charge in [0.1, 0.15) is 5.75 Å². The van der Waals surface area contributed by atoms with Crippen molar-refractivity contribution in [2.45, 2.75) is 39.0 Å². The van der Waals surface area contributed by atoms with Crippen LogP contribution in [0.3, 0.4) is 0 Å². The minimum atomic E-state index is -0.470. The van der Waals surface area contributed by atoms with Gasteiger partial charge in [-0.2, -0.15) is 0 Å². The SMILES string of the molecule is COc1cccc(CC(=O)N2CCC3(CC2)CC[C@@]2(C(=O)N(C)C)CN(C(C)=O)C[C@@H]32)c1. The number of benzene rings is 1. The lowest BCUT2D eigenvalue weighted by Gasteiger charge is -2.44. The van der Waals surface area contributed by atoms with Crippen molar-refractivity contribution in [2.75, 3.05) is 47.4 Å². The number of fused-ring (bicyclic) bond motifs is 2. The first-order valence-electron chi connectivity index (χ1n) is 11.6. The number of likely N-dealkylation sites (tertiary alicyclic amines) is 2. The highest BCUT2D eigenvalue weighted by Gasteiger charge is 2.65. The summed E-state index contributed by atoms with van der Waals surface area (Å²) in [5, 5.41) is 0. The number of nitrogens with zero attached hydrogens (tertiary/aromatic N) is 3. The van der Waals surface area contributed by atoms with Crippen molar-refractivity contribution in [3.05, 3.63) is 29.8 Å². The second-order valence-corrected chi connectivity index (χ2v) is 10.1. The fraction of sp³-hybridized carbons (Fsp3) is 0.640. The number of carbonyl (C=O) groups excluding carboxylic acids is 3. The van der Waals surface area contributed by atoms with Crippen molar-refractivity contribution in [3.63, 3.8) is 0 Å². The molecule has 0 aromatic heterocycles. The van der Waals surface area contributed by atoms with E-state index in [2.05, 4.69) is 0 Å². The van der Waals surface area contributed by atoms with Crippen LogP contribution in [0.25, 0.3) is 0 Å². The molecule has 4 rings (SSSR count). The van der Waals surface area contributed by atoms with Gasteiger partial charge in [0.15, 0.2) is 0 Å². The van der Waals surface area contributed by atoms with Gasteiger partial charge in [-0.05, 0) is 54.7 Å². The Kier molecular flexibility index (Phi) is 5.94. The highest BCUT2D eigenvalue weighted by molar-refractivity contribution is 5.86. The Bertz CT molecular complexity index is 906. The normalized spacial score (nSPS) is 26.2. The highest BCUT2D eigenvalue weighted by atomic mass is 16.5. The Balaban J connectivity index is 1.47. The topological polar surface area (TPSA) is 70.2 Å². The van der Waals surface area contributed by atoms with Gasteiger partial charge < -0.3 is 19.4 Å². The molecule has 1 aromatic carbocycles. The predicted molar refractivity (Wildman–Crippen MR) is 121 cm³/mol. The molecule has 1 saturated carbocycles. The van der Waals surface area contributed by atoms with Gasteiger partial charge >= 0.3 is 0 Å². The number of rotatable bonds is 4. The number of methoxy groups -OCH3 is 1. The highest BCUT2D eigenvalue weighted by Crippen LogP contribution is 2.62. The van der Waals surface area contributed by atoms with Crippen molar-refractivity contribution in [1.82, 2.24) is 14.7 Å². The molecular weight excluding hydrogens is 406 g/mol. The third-order valence-electron chi connectivity index (χ3n) is 8.23. The first kappa shape index (κ1) is 22.6. The fourth-order valence-electron chi connectivity index (χ4n) is 6.47. The largest absolute Gasteiger partial charge is 0.497 e. The van der Waals surface area contributed by atoms with Crippen molar-refractivity contribution in [1.29, 1.82) is 0 Å². The minimum absolute atomic E-state index is 0.0304. The van der Waals surface area contributed by atoms with E-state index in [0.29, 0.717) is 32.6 Å². The lowest BCUT2D eigenvalue weighted by Crippen LogP contribution is -2.49. The molecule has 1 aromatic rings. The van der Waals surface area contributed by atoms with Gasteiger partial charge in [-0.15, -0.1) is 0 Å². The maximum atomic E-state index is 13.3. The summed E-state index contributed by atoms with van der Waals surface area (Å²) in [4.78, 5) is 44.0.